The number of nitrogens with zero attached hydrogens (tertiary/aromatic N) is 2. The van der Waals surface area contributed by atoms with Gasteiger partial charge < -0.3 is 4.98 Å². The second-order valence-electron chi connectivity index (χ2n) is 2.58. The maximum Gasteiger partial charge on any atom is 0.307 e. The minimum absolute atomic E-state index is 0.000557. The van der Waals surface area contributed by atoms with Crippen molar-refractivity contribution in [2.24, 2.45) is 0 Å². The van der Waals surface area contributed by atoms with Crippen LogP contribution in [-0.4, -0.2) is 14.9 Å². The van der Waals surface area contributed by atoms with Crippen LogP contribution in [0.5, 0.6) is 0 Å². The molecular formula is C7H3ClFN3O2. The van der Waals surface area contributed by atoms with Gasteiger partial charge in [-0.1, -0.05) is 0 Å². The summed E-state index contributed by atoms with van der Waals surface area (Å²) >= 11 is 5.48. The summed E-state index contributed by atoms with van der Waals surface area (Å²) in [4.78, 5) is 15.7. The van der Waals surface area contributed by atoms with Crippen LogP contribution in [-0.2, 0) is 0 Å². The lowest BCUT2D eigenvalue weighted by Crippen LogP contribution is -1.92. The molecule has 0 aliphatic rings. The zero-order valence-corrected chi connectivity index (χ0v) is 7.38. The number of aromatic nitrogens is 2. The Labute approximate surface area is 81.7 Å². The SMILES string of the molecule is O=[N+]([O-])c1ccc2[nH]c(Cl)nc2c1F. The third kappa shape index (κ3) is 1.20. The summed E-state index contributed by atoms with van der Waals surface area (Å²) in [5.41, 5.74) is -0.400. The molecule has 1 aromatic carbocycles. The van der Waals surface area contributed by atoms with E-state index in [0.717, 1.165) is 6.07 Å². The average molecular weight is 216 g/mol. The van der Waals surface area contributed by atoms with Gasteiger partial charge in [-0.05, 0) is 17.7 Å². The standard InChI is InChI=1S/C7H3ClFN3O2/c8-7-10-3-1-2-4(12(13)14)5(9)6(3)11-7/h1-2H,(H,10,11). The molecule has 0 spiro atoms. The summed E-state index contributed by atoms with van der Waals surface area (Å²) in [6.07, 6.45) is 0. The van der Waals surface area contributed by atoms with Crippen molar-refractivity contribution in [2.75, 3.05) is 0 Å². The number of rotatable bonds is 1. The van der Waals surface area contributed by atoms with Gasteiger partial charge in [0, 0.05) is 6.07 Å². The van der Waals surface area contributed by atoms with E-state index in [4.69, 9.17) is 11.6 Å². The van der Waals surface area contributed by atoms with Crippen molar-refractivity contribution in [3.8, 4) is 0 Å². The Bertz CT molecular complexity index is 525. The molecule has 0 aliphatic heterocycles. The number of benzene rings is 1. The molecule has 1 aromatic heterocycles. The smallest absolute Gasteiger partial charge is 0.307 e. The Balaban J connectivity index is 2.80. The monoisotopic (exact) mass is 215 g/mol. The van der Waals surface area contributed by atoms with Crippen LogP contribution in [0.1, 0.15) is 0 Å². The minimum atomic E-state index is -0.976. The molecule has 0 fully saturated rings. The summed E-state index contributed by atoms with van der Waals surface area (Å²) < 4.78 is 13.4. The number of imidazole rings is 1. The third-order valence-electron chi connectivity index (χ3n) is 1.74. The van der Waals surface area contributed by atoms with Gasteiger partial charge in [0.05, 0.1) is 10.4 Å². The number of hydrogen-bond acceptors (Lipinski definition) is 3. The van der Waals surface area contributed by atoms with Crippen molar-refractivity contribution >= 4 is 28.3 Å². The number of aromatic amines is 1. The van der Waals surface area contributed by atoms with Crippen LogP contribution >= 0.6 is 11.6 Å². The van der Waals surface area contributed by atoms with E-state index >= 15 is 0 Å². The molecule has 0 atom stereocenters. The highest BCUT2D eigenvalue weighted by molar-refractivity contribution is 6.29. The molecule has 0 saturated carbocycles. The second kappa shape index (κ2) is 2.91. The van der Waals surface area contributed by atoms with Gasteiger partial charge in [0.1, 0.15) is 5.52 Å². The van der Waals surface area contributed by atoms with E-state index in [0.29, 0.717) is 5.52 Å². The highest BCUT2D eigenvalue weighted by atomic mass is 35.5. The fourth-order valence-electron chi connectivity index (χ4n) is 1.14. The van der Waals surface area contributed by atoms with Gasteiger partial charge in [-0.25, -0.2) is 4.98 Å². The zero-order valence-electron chi connectivity index (χ0n) is 6.62. The summed E-state index contributed by atoms with van der Waals surface area (Å²) in [6, 6.07) is 2.42. The van der Waals surface area contributed by atoms with Crippen LogP contribution in [0.2, 0.25) is 5.28 Å². The molecule has 14 heavy (non-hydrogen) atoms. The van der Waals surface area contributed by atoms with Crippen molar-refractivity contribution < 1.29 is 9.31 Å². The van der Waals surface area contributed by atoms with Gasteiger partial charge in [0.25, 0.3) is 0 Å². The van der Waals surface area contributed by atoms with Crippen molar-refractivity contribution in [2.45, 2.75) is 0 Å². The Morgan fingerprint density at radius 1 is 1.57 bits per heavy atom. The maximum atomic E-state index is 13.4. The number of fused-ring (bicyclic) bond motifs is 1. The molecule has 0 bridgehead atoms. The molecule has 0 unspecified atom stereocenters. The Morgan fingerprint density at radius 3 is 2.93 bits per heavy atom. The van der Waals surface area contributed by atoms with E-state index < -0.39 is 16.4 Å². The first-order valence-corrected chi connectivity index (χ1v) is 3.95. The van der Waals surface area contributed by atoms with Gasteiger partial charge in [-0.2, -0.15) is 4.39 Å². The quantitative estimate of drug-likeness (QED) is 0.586. The predicted molar refractivity (Wildman–Crippen MR) is 47.7 cm³/mol. The topological polar surface area (TPSA) is 71.8 Å². The molecule has 1 heterocycles. The summed E-state index contributed by atoms with van der Waals surface area (Å²) in [7, 11) is 0. The highest BCUT2D eigenvalue weighted by Crippen LogP contribution is 2.25. The lowest BCUT2D eigenvalue weighted by Gasteiger charge is -1.93. The van der Waals surface area contributed by atoms with E-state index in [1.54, 1.807) is 0 Å². The average Bonchev–Trinajstić information content (AvgIpc) is 2.46. The van der Waals surface area contributed by atoms with Crippen LogP contribution in [0.15, 0.2) is 12.1 Å². The number of hydrogen-bond donors (Lipinski definition) is 1. The Hall–Kier alpha value is -1.69. The van der Waals surface area contributed by atoms with Gasteiger partial charge in [-0.15, -0.1) is 0 Å². The summed E-state index contributed by atoms with van der Waals surface area (Å²) in [5, 5.41) is 10.4. The van der Waals surface area contributed by atoms with E-state index in [1.807, 2.05) is 0 Å². The van der Waals surface area contributed by atoms with Crippen molar-refractivity contribution in [1.29, 1.82) is 0 Å². The van der Waals surface area contributed by atoms with Gasteiger partial charge in [-0.3, -0.25) is 10.1 Å². The number of H-pyrrole nitrogens is 1. The first-order valence-electron chi connectivity index (χ1n) is 3.57. The Morgan fingerprint density at radius 2 is 2.29 bits per heavy atom. The number of halogens is 2. The highest BCUT2D eigenvalue weighted by Gasteiger charge is 2.18. The van der Waals surface area contributed by atoms with Crippen molar-refractivity contribution in [3.63, 3.8) is 0 Å². The van der Waals surface area contributed by atoms with Crippen molar-refractivity contribution in [3.05, 3.63) is 33.3 Å². The first kappa shape index (κ1) is 8.89. The van der Waals surface area contributed by atoms with Crippen LogP contribution in [0, 0.1) is 15.9 Å². The molecule has 0 aliphatic carbocycles. The van der Waals surface area contributed by atoms with Gasteiger partial charge in [0.2, 0.25) is 11.1 Å². The molecule has 2 aromatic rings. The second-order valence-corrected chi connectivity index (χ2v) is 2.94. The molecule has 72 valence electrons. The lowest BCUT2D eigenvalue weighted by atomic mass is 10.2. The van der Waals surface area contributed by atoms with Gasteiger partial charge in [0.15, 0.2) is 0 Å². The van der Waals surface area contributed by atoms with Crippen LogP contribution < -0.4 is 0 Å². The Kier molecular flexibility index (Phi) is 1.85. The number of nitrogens with one attached hydrogen (secondary N) is 1. The number of nitro groups is 1. The summed E-state index contributed by atoms with van der Waals surface area (Å²) in [6.45, 7) is 0. The van der Waals surface area contributed by atoms with E-state index in [-0.39, 0.29) is 10.8 Å². The van der Waals surface area contributed by atoms with E-state index in [2.05, 4.69) is 9.97 Å². The summed E-state index contributed by atoms with van der Waals surface area (Å²) in [5.74, 6) is -0.976. The molecule has 0 amide bonds. The lowest BCUT2D eigenvalue weighted by molar-refractivity contribution is -0.387. The van der Waals surface area contributed by atoms with E-state index in [9.17, 15) is 14.5 Å². The van der Waals surface area contributed by atoms with Gasteiger partial charge >= 0.3 is 5.69 Å². The minimum Gasteiger partial charge on any atom is -0.328 e. The maximum absolute atomic E-state index is 13.4. The molecule has 2 rings (SSSR count). The molecular weight excluding hydrogens is 213 g/mol. The van der Waals surface area contributed by atoms with Crippen LogP contribution in [0.25, 0.3) is 11.0 Å². The van der Waals surface area contributed by atoms with Crippen LogP contribution in [0.4, 0.5) is 10.1 Å². The normalized spacial score (nSPS) is 10.7. The molecule has 0 radical (unpaired) electrons. The largest absolute Gasteiger partial charge is 0.328 e. The number of nitro benzene ring substituents is 1. The third-order valence-corrected chi connectivity index (χ3v) is 1.92. The predicted octanol–water partition coefficient (Wildman–Crippen LogP) is 2.26. The fraction of sp³-hybridized carbons (Fsp3) is 0. The zero-order chi connectivity index (χ0) is 10.3. The van der Waals surface area contributed by atoms with E-state index in [1.165, 1.54) is 6.07 Å². The first-order chi connectivity index (χ1) is 6.59. The molecule has 7 heteroatoms. The molecule has 5 nitrogen and oxygen atoms in total. The van der Waals surface area contributed by atoms with Crippen LogP contribution in [0.3, 0.4) is 0 Å². The molecule has 1 N–H and O–H groups in total. The van der Waals surface area contributed by atoms with Crippen molar-refractivity contribution in [1.82, 2.24) is 9.97 Å². The fourth-order valence-corrected chi connectivity index (χ4v) is 1.33. The molecule has 0 saturated heterocycles.